The molecule has 0 saturated carbocycles. The molecule has 3 aromatic heterocycles. The van der Waals surface area contributed by atoms with E-state index in [1.165, 1.54) is 0 Å². The predicted octanol–water partition coefficient (Wildman–Crippen LogP) is 3.18. The molecule has 24 heavy (non-hydrogen) atoms. The zero-order chi connectivity index (χ0) is 16.2. The number of pyridine rings is 2. The topological polar surface area (TPSA) is 63.2 Å². The molecular formula is C17H17N5OS. The predicted molar refractivity (Wildman–Crippen MR) is 95.9 cm³/mol. The van der Waals surface area contributed by atoms with Crippen LogP contribution in [0.1, 0.15) is 0 Å². The first-order chi connectivity index (χ1) is 11.9. The van der Waals surface area contributed by atoms with Crippen molar-refractivity contribution in [3.8, 4) is 10.4 Å². The van der Waals surface area contributed by atoms with Crippen molar-refractivity contribution in [1.82, 2.24) is 15.0 Å². The summed E-state index contributed by atoms with van der Waals surface area (Å²) < 4.78 is 5.41. The monoisotopic (exact) mass is 339 g/mol. The Morgan fingerprint density at radius 3 is 2.71 bits per heavy atom. The van der Waals surface area contributed by atoms with Crippen LogP contribution in [-0.2, 0) is 4.74 Å². The molecule has 1 aliphatic rings. The lowest BCUT2D eigenvalue weighted by atomic mass is 10.2. The summed E-state index contributed by atoms with van der Waals surface area (Å²) in [6.45, 7) is 3.36. The molecule has 4 rings (SSSR count). The summed E-state index contributed by atoms with van der Waals surface area (Å²) >= 11 is 1.60. The average molecular weight is 339 g/mol. The van der Waals surface area contributed by atoms with Crippen LogP contribution < -0.4 is 10.2 Å². The molecule has 0 aliphatic carbocycles. The molecule has 0 radical (unpaired) electrons. The maximum Gasteiger partial charge on any atom is 0.188 e. The van der Waals surface area contributed by atoms with E-state index >= 15 is 0 Å². The first-order valence-corrected chi connectivity index (χ1v) is 8.62. The highest BCUT2D eigenvalue weighted by atomic mass is 32.1. The fraction of sp³-hybridized carbons (Fsp3) is 0.235. The normalized spacial score (nSPS) is 14.6. The zero-order valence-corrected chi connectivity index (χ0v) is 13.9. The number of nitrogens with zero attached hydrogens (tertiary/aromatic N) is 4. The molecular weight excluding hydrogens is 322 g/mol. The van der Waals surface area contributed by atoms with Gasteiger partial charge in [0.2, 0.25) is 0 Å². The van der Waals surface area contributed by atoms with E-state index in [4.69, 9.17) is 4.74 Å². The highest BCUT2D eigenvalue weighted by molar-refractivity contribution is 7.18. The summed E-state index contributed by atoms with van der Waals surface area (Å²) in [5, 5.41) is 4.12. The Labute approximate surface area is 144 Å². The van der Waals surface area contributed by atoms with E-state index in [1.807, 2.05) is 30.6 Å². The molecule has 0 spiro atoms. The van der Waals surface area contributed by atoms with Gasteiger partial charge in [0.25, 0.3) is 0 Å². The Kier molecular flexibility index (Phi) is 4.35. The molecule has 0 atom stereocenters. The van der Waals surface area contributed by atoms with Crippen molar-refractivity contribution in [2.45, 2.75) is 0 Å². The van der Waals surface area contributed by atoms with Crippen LogP contribution in [0.15, 0.2) is 49.1 Å². The van der Waals surface area contributed by atoms with Crippen molar-refractivity contribution < 1.29 is 4.74 Å². The van der Waals surface area contributed by atoms with Gasteiger partial charge >= 0.3 is 0 Å². The third kappa shape index (κ3) is 3.37. The molecule has 1 aliphatic heterocycles. The van der Waals surface area contributed by atoms with E-state index in [1.54, 1.807) is 23.7 Å². The maximum absolute atomic E-state index is 5.41. The van der Waals surface area contributed by atoms with E-state index in [-0.39, 0.29) is 0 Å². The number of hydrogen-bond donors (Lipinski definition) is 1. The van der Waals surface area contributed by atoms with Crippen molar-refractivity contribution >= 4 is 28.0 Å². The lowest BCUT2D eigenvalue weighted by Gasteiger charge is -2.28. The van der Waals surface area contributed by atoms with Gasteiger partial charge in [-0.25, -0.2) is 9.97 Å². The first kappa shape index (κ1) is 15.0. The van der Waals surface area contributed by atoms with Crippen molar-refractivity contribution in [2.24, 2.45) is 0 Å². The lowest BCUT2D eigenvalue weighted by Crippen LogP contribution is -2.36. The number of nitrogens with one attached hydrogen (secondary N) is 1. The second kappa shape index (κ2) is 6.94. The van der Waals surface area contributed by atoms with Gasteiger partial charge in [-0.2, -0.15) is 0 Å². The number of thiazole rings is 1. The summed E-state index contributed by atoms with van der Waals surface area (Å²) in [7, 11) is 0. The second-order valence-electron chi connectivity index (χ2n) is 5.39. The summed E-state index contributed by atoms with van der Waals surface area (Å²) in [4.78, 5) is 16.3. The lowest BCUT2D eigenvalue weighted by molar-refractivity contribution is 0.122. The van der Waals surface area contributed by atoms with Gasteiger partial charge < -0.3 is 15.0 Å². The van der Waals surface area contributed by atoms with Crippen LogP contribution in [0.3, 0.4) is 0 Å². The fourth-order valence-corrected chi connectivity index (χ4v) is 3.43. The van der Waals surface area contributed by atoms with Crippen LogP contribution in [-0.4, -0.2) is 41.3 Å². The number of anilines is 3. The van der Waals surface area contributed by atoms with Gasteiger partial charge in [0, 0.05) is 49.6 Å². The number of morpholine rings is 1. The highest BCUT2D eigenvalue weighted by Gasteiger charge is 2.12. The Hall–Kier alpha value is -2.51. The van der Waals surface area contributed by atoms with E-state index < -0.39 is 0 Å². The fourth-order valence-electron chi connectivity index (χ4n) is 2.60. The smallest absolute Gasteiger partial charge is 0.188 e. The van der Waals surface area contributed by atoms with Crippen molar-refractivity contribution in [2.75, 3.05) is 36.5 Å². The first-order valence-electron chi connectivity index (χ1n) is 7.80. The standard InChI is InChI=1S/C17H17N5OS/c1-4-18-5-2-13(1)15-12-20-17(24-15)21-16-11-14(3-6-19-16)22-7-9-23-10-8-22/h1-6,11-12H,7-10H2,(H,19,20,21). The zero-order valence-electron chi connectivity index (χ0n) is 13.1. The summed E-state index contributed by atoms with van der Waals surface area (Å²) in [6, 6.07) is 8.04. The SMILES string of the molecule is c1cc(-c2cnc(Nc3cc(N4CCOCC4)ccn3)s2)ccn1. The molecule has 1 N–H and O–H groups in total. The van der Waals surface area contributed by atoms with Gasteiger partial charge in [0.05, 0.1) is 18.1 Å². The van der Waals surface area contributed by atoms with Crippen molar-refractivity contribution in [3.05, 3.63) is 49.1 Å². The van der Waals surface area contributed by atoms with Crippen LogP contribution in [0, 0.1) is 0 Å². The molecule has 1 fully saturated rings. The number of aromatic nitrogens is 3. The third-order valence-electron chi connectivity index (χ3n) is 3.83. The van der Waals surface area contributed by atoms with Gasteiger partial charge in [0.15, 0.2) is 5.13 Å². The molecule has 0 amide bonds. The van der Waals surface area contributed by atoms with E-state index in [2.05, 4.69) is 31.2 Å². The maximum atomic E-state index is 5.41. The molecule has 7 heteroatoms. The second-order valence-corrected chi connectivity index (χ2v) is 6.42. The van der Waals surface area contributed by atoms with Gasteiger partial charge in [-0.05, 0) is 23.8 Å². The molecule has 1 saturated heterocycles. The van der Waals surface area contributed by atoms with Crippen molar-refractivity contribution in [3.63, 3.8) is 0 Å². The molecule has 0 aromatic carbocycles. The van der Waals surface area contributed by atoms with Crippen LogP contribution in [0.5, 0.6) is 0 Å². The van der Waals surface area contributed by atoms with Crippen LogP contribution in [0.25, 0.3) is 10.4 Å². The largest absolute Gasteiger partial charge is 0.378 e. The van der Waals surface area contributed by atoms with Gasteiger partial charge in [-0.3, -0.25) is 4.98 Å². The van der Waals surface area contributed by atoms with Crippen molar-refractivity contribution in [1.29, 1.82) is 0 Å². The van der Waals surface area contributed by atoms with E-state index in [0.29, 0.717) is 0 Å². The van der Waals surface area contributed by atoms with Crippen LogP contribution >= 0.6 is 11.3 Å². The Morgan fingerprint density at radius 1 is 1.04 bits per heavy atom. The Bertz CT molecular complexity index is 802. The minimum absolute atomic E-state index is 0.771. The quantitative estimate of drug-likeness (QED) is 0.788. The minimum Gasteiger partial charge on any atom is -0.378 e. The Morgan fingerprint density at radius 2 is 1.88 bits per heavy atom. The van der Waals surface area contributed by atoms with Gasteiger partial charge in [0.1, 0.15) is 5.82 Å². The average Bonchev–Trinajstić information content (AvgIpc) is 3.12. The highest BCUT2D eigenvalue weighted by Crippen LogP contribution is 2.30. The number of rotatable bonds is 4. The number of hydrogen-bond acceptors (Lipinski definition) is 7. The van der Waals surface area contributed by atoms with Crippen LogP contribution in [0.4, 0.5) is 16.6 Å². The summed E-state index contributed by atoms with van der Waals surface area (Å²) in [5.41, 5.74) is 2.27. The summed E-state index contributed by atoms with van der Waals surface area (Å²) in [5.74, 6) is 0.801. The molecule has 0 bridgehead atoms. The molecule has 3 aromatic rings. The van der Waals surface area contributed by atoms with E-state index in [0.717, 1.165) is 53.4 Å². The van der Waals surface area contributed by atoms with Gasteiger partial charge in [-0.15, -0.1) is 0 Å². The minimum atomic E-state index is 0.771. The number of ether oxygens (including phenoxy) is 1. The molecule has 122 valence electrons. The molecule has 0 unspecified atom stereocenters. The molecule has 4 heterocycles. The molecule has 6 nitrogen and oxygen atoms in total. The van der Waals surface area contributed by atoms with Crippen LogP contribution in [0.2, 0.25) is 0 Å². The van der Waals surface area contributed by atoms with E-state index in [9.17, 15) is 0 Å². The Balaban J connectivity index is 1.50. The van der Waals surface area contributed by atoms with Gasteiger partial charge in [-0.1, -0.05) is 11.3 Å². The third-order valence-corrected chi connectivity index (χ3v) is 4.79. The summed E-state index contributed by atoms with van der Waals surface area (Å²) in [6.07, 6.45) is 7.27.